The Morgan fingerprint density at radius 1 is 0.963 bits per heavy atom. The van der Waals surface area contributed by atoms with E-state index >= 15 is 0 Å². The Morgan fingerprint density at radius 3 is 2.44 bits per heavy atom. The highest BCUT2D eigenvalue weighted by atomic mass is 16.5. The highest BCUT2D eigenvalue weighted by Crippen LogP contribution is 2.13. The van der Waals surface area contributed by atoms with Crippen molar-refractivity contribution in [2.24, 2.45) is 0 Å². The van der Waals surface area contributed by atoms with Crippen LogP contribution in [0.25, 0.3) is 0 Å². The van der Waals surface area contributed by atoms with Crippen LogP contribution in [0.3, 0.4) is 0 Å². The van der Waals surface area contributed by atoms with Crippen LogP contribution in [0, 0.1) is 6.92 Å². The van der Waals surface area contributed by atoms with E-state index in [1.807, 2.05) is 31.2 Å². The number of pyridine rings is 2. The molecule has 27 heavy (non-hydrogen) atoms. The lowest BCUT2D eigenvalue weighted by molar-refractivity contribution is 0.0599. The third-order valence-electron chi connectivity index (χ3n) is 4.40. The molecule has 6 heteroatoms. The Balaban J connectivity index is 1.84. The van der Waals surface area contributed by atoms with Crippen molar-refractivity contribution < 1.29 is 9.53 Å². The van der Waals surface area contributed by atoms with E-state index in [-0.39, 0.29) is 11.1 Å². The molecule has 0 unspecified atom stereocenters. The minimum atomic E-state index is -0.483. The van der Waals surface area contributed by atoms with E-state index in [4.69, 9.17) is 4.74 Å². The van der Waals surface area contributed by atoms with Crippen LogP contribution >= 0.6 is 0 Å². The molecule has 0 spiro atoms. The summed E-state index contributed by atoms with van der Waals surface area (Å²) in [7, 11) is 1.30. The van der Waals surface area contributed by atoms with Crippen molar-refractivity contribution >= 4 is 5.97 Å². The predicted molar refractivity (Wildman–Crippen MR) is 102 cm³/mol. The molecule has 0 amide bonds. The van der Waals surface area contributed by atoms with Crippen LogP contribution in [0.4, 0.5) is 0 Å². The summed E-state index contributed by atoms with van der Waals surface area (Å²) in [5.41, 5.74) is 3.07. The van der Waals surface area contributed by atoms with Crippen LogP contribution in [-0.2, 0) is 17.8 Å². The molecule has 0 saturated heterocycles. The van der Waals surface area contributed by atoms with Gasteiger partial charge < -0.3 is 13.9 Å². The van der Waals surface area contributed by atoms with Gasteiger partial charge in [-0.2, -0.15) is 0 Å². The van der Waals surface area contributed by atoms with Crippen molar-refractivity contribution in [3.8, 4) is 0 Å². The Hall–Kier alpha value is -3.41. The van der Waals surface area contributed by atoms with Gasteiger partial charge in [0, 0.05) is 24.5 Å². The maximum atomic E-state index is 12.1. The zero-order valence-corrected chi connectivity index (χ0v) is 15.2. The first kappa shape index (κ1) is 18.4. The topological polar surface area (TPSA) is 70.3 Å². The van der Waals surface area contributed by atoms with Crippen molar-refractivity contribution in [2.45, 2.75) is 20.0 Å². The van der Waals surface area contributed by atoms with E-state index in [2.05, 4.69) is 0 Å². The van der Waals surface area contributed by atoms with Crippen LogP contribution < -0.4 is 11.1 Å². The highest BCUT2D eigenvalue weighted by molar-refractivity contribution is 5.88. The Morgan fingerprint density at radius 2 is 1.74 bits per heavy atom. The molecule has 0 aliphatic heterocycles. The smallest absolute Gasteiger partial charge is 0.339 e. The van der Waals surface area contributed by atoms with Crippen molar-refractivity contribution in [1.29, 1.82) is 0 Å². The Bertz CT molecular complexity index is 1100. The zero-order chi connectivity index (χ0) is 19.4. The summed E-state index contributed by atoms with van der Waals surface area (Å²) in [6.45, 7) is 2.81. The maximum absolute atomic E-state index is 12.1. The van der Waals surface area contributed by atoms with Crippen LogP contribution in [0.15, 0.2) is 70.5 Å². The second kappa shape index (κ2) is 7.86. The first-order valence-electron chi connectivity index (χ1n) is 8.50. The molecule has 3 aromatic rings. The van der Waals surface area contributed by atoms with Crippen molar-refractivity contribution in [2.75, 3.05) is 7.11 Å². The van der Waals surface area contributed by atoms with Crippen molar-refractivity contribution in [3.63, 3.8) is 0 Å². The van der Waals surface area contributed by atoms with Crippen LogP contribution in [0.5, 0.6) is 0 Å². The summed E-state index contributed by atoms with van der Waals surface area (Å²) in [5.74, 6) is -0.483. The SMILES string of the molecule is COC(=O)c1ccc(=O)n(Cc2ccc(Cn3ccccc3=O)c(C)c2)c1. The summed E-state index contributed by atoms with van der Waals surface area (Å²) < 4.78 is 7.82. The van der Waals surface area contributed by atoms with E-state index < -0.39 is 5.97 Å². The molecule has 0 fully saturated rings. The standard InChI is InChI=1S/C21H20N2O4/c1-15-11-16(6-7-17(15)13-22-10-4-3-5-19(22)24)12-23-14-18(21(26)27-2)8-9-20(23)25/h3-11,14H,12-13H2,1-2H3. The van der Waals surface area contributed by atoms with Gasteiger partial charge in [-0.05, 0) is 35.7 Å². The average Bonchev–Trinajstić information content (AvgIpc) is 2.66. The molecule has 3 rings (SSSR count). The van der Waals surface area contributed by atoms with Crippen molar-refractivity contribution in [1.82, 2.24) is 9.13 Å². The second-order valence-electron chi connectivity index (χ2n) is 6.30. The highest BCUT2D eigenvalue weighted by Gasteiger charge is 2.09. The van der Waals surface area contributed by atoms with Gasteiger partial charge in [-0.1, -0.05) is 24.3 Å². The first-order chi connectivity index (χ1) is 13.0. The number of aromatic nitrogens is 2. The molecule has 6 nitrogen and oxygen atoms in total. The number of nitrogens with zero attached hydrogens (tertiary/aromatic N) is 2. The van der Waals surface area contributed by atoms with Crippen molar-refractivity contribution in [3.05, 3.63) is 104 Å². The molecule has 0 radical (unpaired) electrons. The lowest BCUT2D eigenvalue weighted by Crippen LogP contribution is -2.21. The molecule has 2 aromatic heterocycles. The fourth-order valence-electron chi connectivity index (χ4n) is 2.90. The molecule has 0 aliphatic carbocycles. The fraction of sp³-hybridized carbons (Fsp3) is 0.190. The number of hydrogen-bond donors (Lipinski definition) is 0. The molecule has 0 aliphatic rings. The monoisotopic (exact) mass is 364 g/mol. The lowest BCUT2D eigenvalue weighted by Gasteiger charge is -2.12. The average molecular weight is 364 g/mol. The Labute approximate surface area is 156 Å². The number of methoxy groups -OCH3 is 1. The second-order valence-corrected chi connectivity index (χ2v) is 6.30. The molecule has 0 atom stereocenters. The summed E-state index contributed by atoms with van der Waals surface area (Å²) in [5, 5.41) is 0. The van der Waals surface area contributed by atoms with E-state index in [0.29, 0.717) is 18.7 Å². The number of carbonyl (C=O) groups is 1. The third-order valence-corrected chi connectivity index (χ3v) is 4.40. The van der Waals surface area contributed by atoms with Gasteiger partial charge in [-0.25, -0.2) is 4.79 Å². The summed E-state index contributed by atoms with van der Waals surface area (Å²) in [4.78, 5) is 35.6. The normalized spacial score (nSPS) is 10.6. The predicted octanol–water partition coefficient (Wildman–Crippen LogP) is 2.20. The lowest BCUT2D eigenvalue weighted by atomic mass is 10.0. The maximum Gasteiger partial charge on any atom is 0.339 e. The summed E-state index contributed by atoms with van der Waals surface area (Å²) in [6, 6.07) is 13.8. The zero-order valence-electron chi connectivity index (χ0n) is 15.2. The Kier molecular flexibility index (Phi) is 5.35. The quantitative estimate of drug-likeness (QED) is 0.651. The minimum absolute atomic E-state index is 0.0489. The third kappa shape index (κ3) is 4.23. The van der Waals surface area contributed by atoms with Crippen LogP contribution in [0.2, 0.25) is 0 Å². The molecule has 1 aromatic carbocycles. The number of carbonyl (C=O) groups excluding carboxylic acids is 1. The van der Waals surface area contributed by atoms with Crippen LogP contribution in [0.1, 0.15) is 27.0 Å². The number of benzene rings is 1. The molecular formula is C21H20N2O4. The van der Waals surface area contributed by atoms with Gasteiger partial charge in [0.25, 0.3) is 11.1 Å². The van der Waals surface area contributed by atoms with Gasteiger partial charge in [-0.15, -0.1) is 0 Å². The number of rotatable bonds is 5. The number of esters is 1. The molecule has 138 valence electrons. The number of ether oxygens (including phenoxy) is 1. The molecule has 2 heterocycles. The van der Waals surface area contributed by atoms with Gasteiger partial charge in [0.05, 0.1) is 25.8 Å². The van der Waals surface area contributed by atoms with E-state index in [1.54, 1.807) is 16.8 Å². The van der Waals surface area contributed by atoms with Gasteiger partial charge in [0.15, 0.2) is 0 Å². The number of hydrogen-bond acceptors (Lipinski definition) is 4. The summed E-state index contributed by atoms with van der Waals surface area (Å²) in [6.07, 6.45) is 3.26. The first-order valence-corrected chi connectivity index (χ1v) is 8.50. The molecule has 0 N–H and O–H groups in total. The van der Waals surface area contributed by atoms with Gasteiger partial charge in [0.2, 0.25) is 0 Å². The van der Waals surface area contributed by atoms with Gasteiger partial charge >= 0.3 is 5.97 Å². The fourth-order valence-corrected chi connectivity index (χ4v) is 2.90. The molecule has 0 bridgehead atoms. The largest absolute Gasteiger partial charge is 0.465 e. The van der Waals surface area contributed by atoms with E-state index in [1.165, 1.54) is 36.1 Å². The van der Waals surface area contributed by atoms with E-state index in [0.717, 1.165) is 16.7 Å². The van der Waals surface area contributed by atoms with Crippen LogP contribution in [-0.4, -0.2) is 22.2 Å². The van der Waals surface area contributed by atoms with E-state index in [9.17, 15) is 14.4 Å². The molecular weight excluding hydrogens is 344 g/mol. The molecule has 0 saturated carbocycles. The summed E-state index contributed by atoms with van der Waals surface area (Å²) >= 11 is 0. The van der Waals surface area contributed by atoms with Gasteiger partial charge in [0.1, 0.15) is 0 Å². The number of aryl methyl sites for hydroxylation is 1. The van der Waals surface area contributed by atoms with Gasteiger partial charge in [-0.3, -0.25) is 9.59 Å². The minimum Gasteiger partial charge on any atom is -0.465 e.